The summed E-state index contributed by atoms with van der Waals surface area (Å²) in [5.74, 6) is 0.111. The molecule has 2 heterocycles. The van der Waals surface area contributed by atoms with Crippen LogP contribution in [0.3, 0.4) is 0 Å². The standard InChI is InChI=1S/C13H12N2O/c1-2-13(16)10-6-7-12(15-9-10)11-5-3-4-8-14-11/h3-9H,2H2,1H3. The van der Waals surface area contributed by atoms with Crippen molar-refractivity contribution in [1.82, 2.24) is 9.97 Å². The van der Waals surface area contributed by atoms with Crippen molar-refractivity contribution in [3.63, 3.8) is 0 Å². The van der Waals surface area contributed by atoms with Crippen LogP contribution in [0.4, 0.5) is 0 Å². The maximum absolute atomic E-state index is 11.4. The highest BCUT2D eigenvalue weighted by Gasteiger charge is 2.04. The van der Waals surface area contributed by atoms with Crippen LogP contribution in [0.25, 0.3) is 11.4 Å². The highest BCUT2D eigenvalue weighted by Crippen LogP contribution is 2.13. The van der Waals surface area contributed by atoms with Gasteiger partial charge in [-0.25, -0.2) is 0 Å². The Kier molecular flexibility index (Phi) is 3.05. The van der Waals surface area contributed by atoms with Gasteiger partial charge in [-0.15, -0.1) is 0 Å². The fraction of sp³-hybridized carbons (Fsp3) is 0.154. The van der Waals surface area contributed by atoms with E-state index in [0.717, 1.165) is 11.4 Å². The van der Waals surface area contributed by atoms with Crippen LogP contribution in [-0.4, -0.2) is 15.8 Å². The number of hydrogen-bond donors (Lipinski definition) is 0. The zero-order valence-electron chi connectivity index (χ0n) is 9.05. The van der Waals surface area contributed by atoms with Crippen molar-refractivity contribution in [2.45, 2.75) is 13.3 Å². The number of carbonyl (C=O) groups excluding carboxylic acids is 1. The second-order valence-electron chi connectivity index (χ2n) is 3.42. The molecule has 2 aromatic heterocycles. The lowest BCUT2D eigenvalue weighted by Crippen LogP contribution is -1.97. The van der Waals surface area contributed by atoms with Crippen LogP contribution in [0.2, 0.25) is 0 Å². The van der Waals surface area contributed by atoms with E-state index in [9.17, 15) is 4.79 Å². The summed E-state index contributed by atoms with van der Waals surface area (Å²) in [6, 6.07) is 9.28. The maximum atomic E-state index is 11.4. The van der Waals surface area contributed by atoms with E-state index in [0.29, 0.717) is 12.0 Å². The van der Waals surface area contributed by atoms with Crippen molar-refractivity contribution in [1.29, 1.82) is 0 Å². The molecule has 2 aromatic rings. The average Bonchev–Trinajstić information content (AvgIpc) is 2.39. The van der Waals surface area contributed by atoms with Crippen molar-refractivity contribution >= 4 is 5.78 Å². The summed E-state index contributed by atoms with van der Waals surface area (Å²) in [6.45, 7) is 1.84. The van der Waals surface area contributed by atoms with Crippen molar-refractivity contribution in [3.05, 3.63) is 48.3 Å². The van der Waals surface area contributed by atoms with E-state index >= 15 is 0 Å². The van der Waals surface area contributed by atoms with Gasteiger partial charge in [0.05, 0.1) is 11.4 Å². The lowest BCUT2D eigenvalue weighted by molar-refractivity contribution is 0.0988. The summed E-state index contributed by atoms with van der Waals surface area (Å²) >= 11 is 0. The zero-order valence-corrected chi connectivity index (χ0v) is 9.05. The number of carbonyl (C=O) groups is 1. The molecule has 0 aliphatic carbocycles. The Morgan fingerprint density at radius 3 is 2.50 bits per heavy atom. The Hall–Kier alpha value is -2.03. The molecule has 0 amide bonds. The molecule has 2 rings (SSSR count). The van der Waals surface area contributed by atoms with E-state index < -0.39 is 0 Å². The van der Waals surface area contributed by atoms with Gasteiger partial charge in [-0.3, -0.25) is 14.8 Å². The molecule has 0 bridgehead atoms. The minimum atomic E-state index is 0.111. The summed E-state index contributed by atoms with van der Waals surface area (Å²) in [4.78, 5) is 19.8. The van der Waals surface area contributed by atoms with Crippen molar-refractivity contribution in [2.75, 3.05) is 0 Å². The van der Waals surface area contributed by atoms with E-state index in [-0.39, 0.29) is 5.78 Å². The quantitative estimate of drug-likeness (QED) is 0.735. The van der Waals surface area contributed by atoms with Gasteiger partial charge in [0.25, 0.3) is 0 Å². The normalized spacial score (nSPS) is 10.1. The molecule has 80 valence electrons. The molecule has 0 unspecified atom stereocenters. The SMILES string of the molecule is CCC(=O)c1ccc(-c2ccccn2)nc1. The fourth-order valence-corrected chi connectivity index (χ4v) is 1.43. The monoisotopic (exact) mass is 212 g/mol. The number of aromatic nitrogens is 2. The molecule has 3 heteroatoms. The number of hydrogen-bond acceptors (Lipinski definition) is 3. The lowest BCUT2D eigenvalue weighted by Gasteiger charge is -2.01. The van der Waals surface area contributed by atoms with Crippen LogP contribution < -0.4 is 0 Å². The summed E-state index contributed by atoms with van der Waals surface area (Å²) in [5, 5.41) is 0. The highest BCUT2D eigenvalue weighted by atomic mass is 16.1. The third-order valence-corrected chi connectivity index (χ3v) is 2.33. The lowest BCUT2D eigenvalue weighted by atomic mass is 10.1. The largest absolute Gasteiger partial charge is 0.294 e. The molecule has 0 saturated heterocycles. The first-order valence-electron chi connectivity index (χ1n) is 5.22. The molecule has 3 nitrogen and oxygen atoms in total. The first-order chi connectivity index (χ1) is 7.81. The molecule has 0 saturated carbocycles. The molecular formula is C13H12N2O. The van der Waals surface area contributed by atoms with Crippen LogP contribution >= 0.6 is 0 Å². The molecule has 0 aliphatic rings. The van der Waals surface area contributed by atoms with E-state index in [2.05, 4.69) is 9.97 Å². The molecule has 0 aliphatic heterocycles. The molecule has 0 fully saturated rings. The third kappa shape index (κ3) is 2.14. The van der Waals surface area contributed by atoms with Crippen LogP contribution in [0, 0.1) is 0 Å². The summed E-state index contributed by atoms with van der Waals surface area (Å²) < 4.78 is 0. The Morgan fingerprint density at radius 1 is 1.12 bits per heavy atom. The van der Waals surface area contributed by atoms with Gasteiger partial charge in [0.1, 0.15) is 0 Å². The number of rotatable bonds is 3. The van der Waals surface area contributed by atoms with Gasteiger partial charge >= 0.3 is 0 Å². The van der Waals surface area contributed by atoms with E-state index in [1.165, 1.54) is 0 Å². The summed E-state index contributed by atoms with van der Waals surface area (Å²) in [7, 11) is 0. The van der Waals surface area contributed by atoms with Crippen LogP contribution in [0.1, 0.15) is 23.7 Å². The van der Waals surface area contributed by atoms with E-state index in [1.54, 1.807) is 18.5 Å². The molecule has 0 N–H and O–H groups in total. The van der Waals surface area contributed by atoms with Crippen molar-refractivity contribution < 1.29 is 4.79 Å². The first kappa shape index (κ1) is 10.5. The minimum Gasteiger partial charge on any atom is -0.294 e. The number of Topliss-reactive ketones (excluding diaryl/α,β-unsaturated/α-hetero) is 1. The maximum Gasteiger partial charge on any atom is 0.164 e. The smallest absolute Gasteiger partial charge is 0.164 e. The second-order valence-corrected chi connectivity index (χ2v) is 3.42. The van der Waals surface area contributed by atoms with Crippen LogP contribution in [0.15, 0.2) is 42.7 Å². The third-order valence-electron chi connectivity index (χ3n) is 2.33. The van der Waals surface area contributed by atoms with Gasteiger partial charge in [0.2, 0.25) is 0 Å². The topological polar surface area (TPSA) is 42.9 Å². The Morgan fingerprint density at radius 2 is 1.94 bits per heavy atom. The Balaban J connectivity index is 2.30. The first-order valence-corrected chi connectivity index (χ1v) is 5.22. The van der Waals surface area contributed by atoms with Gasteiger partial charge in [-0.2, -0.15) is 0 Å². The van der Waals surface area contributed by atoms with Gasteiger partial charge in [0, 0.05) is 24.4 Å². The summed E-state index contributed by atoms with van der Waals surface area (Å²) in [6.07, 6.45) is 3.84. The van der Waals surface area contributed by atoms with Gasteiger partial charge in [-0.1, -0.05) is 13.0 Å². The molecule has 0 aromatic carbocycles. The molecule has 16 heavy (non-hydrogen) atoms. The van der Waals surface area contributed by atoms with E-state index in [4.69, 9.17) is 0 Å². The minimum absolute atomic E-state index is 0.111. The van der Waals surface area contributed by atoms with Gasteiger partial charge in [0.15, 0.2) is 5.78 Å². The molecule has 0 radical (unpaired) electrons. The zero-order chi connectivity index (χ0) is 11.4. The summed E-state index contributed by atoms with van der Waals surface area (Å²) in [5.41, 5.74) is 2.26. The molecule has 0 spiro atoms. The van der Waals surface area contributed by atoms with Crippen LogP contribution in [0.5, 0.6) is 0 Å². The number of pyridine rings is 2. The van der Waals surface area contributed by atoms with E-state index in [1.807, 2.05) is 31.2 Å². The van der Waals surface area contributed by atoms with Crippen molar-refractivity contribution in [3.8, 4) is 11.4 Å². The van der Waals surface area contributed by atoms with Gasteiger partial charge < -0.3 is 0 Å². The average molecular weight is 212 g/mol. The highest BCUT2D eigenvalue weighted by molar-refractivity contribution is 5.95. The fourth-order valence-electron chi connectivity index (χ4n) is 1.43. The second kappa shape index (κ2) is 4.66. The molecule has 0 atom stereocenters. The number of nitrogens with zero attached hydrogens (tertiary/aromatic N) is 2. The van der Waals surface area contributed by atoms with Gasteiger partial charge in [-0.05, 0) is 24.3 Å². The predicted molar refractivity (Wildman–Crippen MR) is 62.1 cm³/mol. The van der Waals surface area contributed by atoms with Crippen molar-refractivity contribution in [2.24, 2.45) is 0 Å². The Bertz CT molecular complexity index is 477. The number of ketones is 1. The Labute approximate surface area is 94.2 Å². The molecular weight excluding hydrogens is 200 g/mol. The predicted octanol–water partition coefficient (Wildman–Crippen LogP) is 2.74. The van der Waals surface area contributed by atoms with Crippen LogP contribution in [-0.2, 0) is 0 Å².